The van der Waals surface area contributed by atoms with Gasteiger partial charge in [-0.2, -0.15) is 29.9 Å². The van der Waals surface area contributed by atoms with Gasteiger partial charge in [-0.25, -0.2) is 0 Å². The van der Waals surface area contributed by atoms with E-state index in [0.29, 0.717) is 41.9 Å². The van der Waals surface area contributed by atoms with Gasteiger partial charge in [0.15, 0.2) is 0 Å². The number of methoxy groups -OCH3 is 2. The van der Waals surface area contributed by atoms with Gasteiger partial charge < -0.3 is 30.7 Å². The van der Waals surface area contributed by atoms with E-state index in [-0.39, 0.29) is 12.1 Å². The highest BCUT2D eigenvalue weighted by molar-refractivity contribution is 5.37. The van der Waals surface area contributed by atoms with Crippen molar-refractivity contribution in [3.63, 3.8) is 0 Å². The summed E-state index contributed by atoms with van der Waals surface area (Å²) in [6.45, 7) is 15.0. The molecule has 0 bridgehead atoms. The van der Waals surface area contributed by atoms with Gasteiger partial charge in [-0.05, 0) is 48.0 Å². The largest absolute Gasteiger partial charge is 0.467 e. The number of rotatable bonds is 11. The summed E-state index contributed by atoms with van der Waals surface area (Å²) in [6.07, 6.45) is 1.00. The number of aromatic nitrogens is 6. The minimum Gasteiger partial charge on any atom is -0.467 e. The molecule has 0 amide bonds. The highest BCUT2D eigenvalue weighted by atomic mass is 16.5. The fourth-order valence-electron chi connectivity index (χ4n) is 2.17. The van der Waals surface area contributed by atoms with Gasteiger partial charge in [0.25, 0.3) is 0 Å². The van der Waals surface area contributed by atoms with Crippen LogP contribution in [0.25, 0.3) is 0 Å². The van der Waals surface area contributed by atoms with Gasteiger partial charge in [-0.1, -0.05) is 6.92 Å². The first-order valence-corrected chi connectivity index (χ1v) is 10.8. The molecule has 0 saturated heterocycles. The Balaban J connectivity index is 0.000000320. The number of hydrogen-bond donors (Lipinski definition) is 4. The lowest BCUT2D eigenvalue weighted by molar-refractivity contribution is 0.379. The number of anilines is 4. The second-order valence-electron chi connectivity index (χ2n) is 7.52. The third-order valence-electron chi connectivity index (χ3n) is 3.75. The zero-order chi connectivity index (χ0) is 24.1. The van der Waals surface area contributed by atoms with Crippen molar-refractivity contribution in [2.45, 2.75) is 73.0 Å². The van der Waals surface area contributed by atoms with Gasteiger partial charge in [0.05, 0.1) is 14.2 Å². The van der Waals surface area contributed by atoms with Gasteiger partial charge in [-0.3, -0.25) is 0 Å². The summed E-state index contributed by atoms with van der Waals surface area (Å²) in [4.78, 5) is 24.9. The average Bonchev–Trinajstić information content (AvgIpc) is 2.72. The Morgan fingerprint density at radius 3 is 1.41 bits per heavy atom. The minimum atomic E-state index is 0.263. The maximum atomic E-state index is 5.02. The molecule has 0 aliphatic rings. The normalized spacial score (nSPS) is 11.3. The molecule has 1 unspecified atom stereocenters. The molecule has 0 aromatic carbocycles. The lowest BCUT2D eigenvalue weighted by Gasteiger charge is -2.12. The van der Waals surface area contributed by atoms with Crippen molar-refractivity contribution in [1.29, 1.82) is 0 Å². The Kier molecular flexibility index (Phi) is 11.7. The number of nitrogens with one attached hydrogen (secondary N) is 4. The summed E-state index contributed by atoms with van der Waals surface area (Å²) in [6, 6.07) is 1.47. The molecule has 1 atom stereocenters. The van der Waals surface area contributed by atoms with E-state index in [1.807, 2.05) is 34.6 Å². The predicted molar refractivity (Wildman–Crippen MR) is 128 cm³/mol. The van der Waals surface area contributed by atoms with Crippen molar-refractivity contribution in [3.05, 3.63) is 0 Å². The SMILES string of the molecule is CCNc1nc(NC(C)CC)nc(OC)n1.COc1nc(NC(C)C)nc(NC(C)C)n1. The highest BCUT2D eigenvalue weighted by Crippen LogP contribution is 2.13. The summed E-state index contributed by atoms with van der Waals surface area (Å²) in [5.41, 5.74) is 0. The fraction of sp³-hybridized carbons (Fsp3) is 0.700. The van der Waals surface area contributed by atoms with Gasteiger partial charge >= 0.3 is 12.0 Å². The molecule has 4 N–H and O–H groups in total. The molecule has 2 aromatic heterocycles. The molecule has 0 aliphatic heterocycles. The fourth-order valence-corrected chi connectivity index (χ4v) is 2.17. The lowest BCUT2D eigenvalue weighted by Crippen LogP contribution is -2.17. The van der Waals surface area contributed by atoms with Gasteiger partial charge in [0.2, 0.25) is 23.8 Å². The molecule has 0 radical (unpaired) electrons. The Morgan fingerprint density at radius 1 is 0.625 bits per heavy atom. The smallest absolute Gasteiger partial charge is 0.322 e. The standard InChI is InChI=1S/2C10H19N5O/c1-6(2)11-8-13-9(12-7(3)4)15-10(14-8)16-5;1-5-7(3)12-9-13-8(11-6-2)14-10(15-9)16-4/h6-7H,1-5H3,(H2,11,12,13,14,15);7H,5-6H2,1-4H3,(H2,11,12,13,14,15). The first kappa shape index (κ1) is 26.9. The van der Waals surface area contributed by atoms with E-state index in [1.54, 1.807) is 0 Å². The summed E-state index contributed by atoms with van der Waals surface area (Å²) < 4.78 is 10.0. The van der Waals surface area contributed by atoms with Crippen LogP contribution in [0.2, 0.25) is 0 Å². The maximum Gasteiger partial charge on any atom is 0.322 e. The van der Waals surface area contributed by atoms with Gasteiger partial charge in [0.1, 0.15) is 0 Å². The Hall–Kier alpha value is -3.18. The number of nitrogens with zero attached hydrogens (tertiary/aromatic N) is 6. The van der Waals surface area contributed by atoms with Crippen LogP contribution in [0.15, 0.2) is 0 Å². The molecule has 2 rings (SSSR count). The van der Waals surface area contributed by atoms with Crippen LogP contribution in [0, 0.1) is 0 Å². The molecule has 12 heteroatoms. The molecular formula is C20H38N10O2. The van der Waals surface area contributed by atoms with Crippen LogP contribution in [0.5, 0.6) is 12.0 Å². The third kappa shape index (κ3) is 10.2. The third-order valence-corrected chi connectivity index (χ3v) is 3.75. The molecule has 0 spiro atoms. The van der Waals surface area contributed by atoms with E-state index in [9.17, 15) is 0 Å². The van der Waals surface area contributed by atoms with Crippen molar-refractivity contribution in [2.24, 2.45) is 0 Å². The predicted octanol–water partition coefficient (Wildman–Crippen LogP) is 3.04. The molecule has 0 saturated carbocycles. The monoisotopic (exact) mass is 450 g/mol. The van der Waals surface area contributed by atoms with E-state index in [1.165, 1.54) is 14.2 Å². The number of hydrogen-bond acceptors (Lipinski definition) is 12. The quantitative estimate of drug-likeness (QED) is 0.399. The van der Waals surface area contributed by atoms with Crippen molar-refractivity contribution < 1.29 is 9.47 Å². The van der Waals surface area contributed by atoms with E-state index in [2.05, 4.69) is 65.0 Å². The van der Waals surface area contributed by atoms with E-state index in [4.69, 9.17) is 9.47 Å². The minimum absolute atomic E-state index is 0.263. The molecule has 12 nitrogen and oxygen atoms in total. The second-order valence-corrected chi connectivity index (χ2v) is 7.52. The molecular weight excluding hydrogens is 412 g/mol. The second kappa shape index (κ2) is 14.0. The van der Waals surface area contributed by atoms with Crippen LogP contribution in [-0.2, 0) is 0 Å². The number of ether oxygens (including phenoxy) is 2. The first-order chi connectivity index (χ1) is 15.2. The van der Waals surface area contributed by atoms with Crippen molar-refractivity contribution in [3.8, 4) is 12.0 Å². The van der Waals surface area contributed by atoms with Gasteiger partial charge in [0, 0.05) is 24.7 Å². The summed E-state index contributed by atoms with van der Waals surface area (Å²) in [5, 5.41) is 12.4. The van der Waals surface area contributed by atoms with E-state index >= 15 is 0 Å². The maximum absolute atomic E-state index is 5.02. The van der Waals surface area contributed by atoms with Crippen molar-refractivity contribution in [1.82, 2.24) is 29.9 Å². The first-order valence-electron chi connectivity index (χ1n) is 10.8. The topological polar surface area (TPSA) is 144 Å². The van der Waals surface area contributed by atoms with Crippen molar-refractivity contribution in [2.75, 3.05) is 42.0 Å². The summed E-state index contributed by atoms with van der Waals surface area (Å²) >= 11 is 0. The van der Waals surface area contributed by atoms with E-state index < -0.39 is 0 Å². The molecule has 2 aromatic rings. The molecule has 32 heavy (non-hydrogen) atoms. The zero-order valence-corrected chi connectivity index (χ0v) is 20.6. The Labute approximate surface area is 190 Å². The Bertz CT molecular complexity index is 776. The van der Waals surface area contributed by atoms with Crippen molar-refractivity contribution >= 4 is 23.8 Å². The molecule has 0 aliphatic carbocycles. The molecule has 0 fully saturated rings. The Morgan fingerprint density at radius 2 is 1.03 bits per heavy atom. The summed E-state index contributed by atoms with van der Waals surface area (Å²) in [5.74, 6) is 2.10. The molecule has 180 valence electrons. The van der Waals surface area contributed by atoms with E-state index in [0.717, 1.165) is 13.0 Å². The van der Waals surface area contributed by atoms with Gasteiger partial charge in [-0.15, -0.1) is 0 Å². The summed E-state index contributed by atoms with van der Waals surface area (Å²) in [7, 11) is 3.08. The highest BCUT2D eigenvalue weighted by Gasteiger charge is 2.09. The molecule has 2 heterocycles. The van der Waals surface area contributed by atoms with Crippen LogP contribution >= 0.6 is 0 Å². The van der Waals surface area contributed by atoms with Crippen LogP contribution in [0.1, 0.15) is 54.9 Å². The van der Waals surface area contributed by atoms with Crippen LogP contribution in [0.4, 0.5) is 23.8 Å². The zero-order valence-electron chi connectivity index (χ0n) is 20.6. The van der Waals surface area contributed by atoms with Crippen LogP contribution in [-0.4, -0.2) is 68.8 Å². The van der Waals surface area contributed by atoms with Crippen LogP contribution < -0.4 is 30.7 Å². The van der Waals surface area contributed by atoms with Crippen LogP contribution in [0.3, 0.4) is 0 Å². The average molecular weight is 451 g/mol. The lowest BCUT2D eigenvalue weighted by atomic mass is 10.3.